The Morgan fingerprint density at radius 1 is 1.52 bits per heavy atom. The number of hydrogen-bond acceptors (Lipinski definition) is 5. The van der Waals surface area contributed by atoms with Gasteiger partial charge in [0, 0.05) is 31.3 Å². The van der Waals surface area contributed by atoms with Crippen LogP contribution in [0, 0.1) is 17.2 Å². The lowest BCUT2D eigenvalue weighted by atomic mass is 9.99. The molecule has 0 unspecified atom stereocenters. The van der Waals surface area contributed by atoms with Crippen molar-refractivity contribution in [3.05, 3.63) is 23.9 Å². The molecule has 1 aliphatic heterocycles. The molecule has 0 N–H and O–H groups in total. The van der Waals surface area contributed by atoms with Gasteiger partial charge in [-0.25, -0.2) is 9.78 Å². The number of hydrogen-bond donors (Lipinski definition) is 0. The highest BCUT2D eigenvalue weighted by molar-refractivity contribution is 5.68. The van der Waals surface area contributed by atoms with Gasteiger partial charge >= 0.3 is 6.09 Å². The lowest BCUT2D eigenvalue weighted by Crippen LogP contribution is -2.44. The third kappa shape index (κ3) is 5.44. The fourth-order valence-corrected chi connectivity index (χ4v) is 2.45. The Bertz CT molecular complexity index is 589. The fraction of sp³-hybridized carbons (Fsp3) is 0.588. The summed E-state index contributed by atoms with van der Waals surface area (Å²) in [6.45, 7) is 7.40. The Labute approximate surface area is 137 Å². The molecule has 0 saturated carbocycles. The zero-order valence-corrected chi connectivity index (χ0v) is 13.9. The third-order valence-corrected chi connectivity index (χ3v) is 3.50. The minimum atomic E-state index is -0.484. The number of piperidine rings is 1. The van der Waals surface area contributed by atoms with Crippen molar-refractivity contribution in [1.29, 1.82) is 5.26 Å². The summed E-state index contributed by atoms with van der Waals surface area (Å²) in [6, 6.07) is 5.32. The first kappa shape index (κ1) is 17.1. The second-order valence-electron chi connectivity index (χ2n) is 6.74. The highest BCUT2D eigenvalue weighted by atomic mass is 16.6. The average Bonchev–Trinajstić information content (AvgIpc) is 2.52. The van der Waals surface area contributed by atoms with E-state index < -0.39 is 5.60 Å². The molecule has 124 valence electrons. The number of carbonyl (C=O) groups is 1. The molecule has 1 fully saturated rings. The Hall–Kier alpha value is -2.29. The van der Waals surface area contributed by atoms with Crippen LogP contribution in [0.4, 0.5) is 4.79 Å². The largest absolute Gasteiger partial charge is 0.477 e. The minimum Gasteiger partial charge on any atom is -0.477 e. The van der Waals surface area contributed by atoms with Crippen LogP contribution in [0.2, 0.25) is 0 Å². The van der Waals surface area contributed by atoms with E-state index in [1.165, 1.54) is 0 Å². The lowest BCUT2D eigenvalue weighted by Gasteiger charge is -2.33. The van der Waals surface area contributed by atoms with Crippen LogP contribution >= 0.6 is 0 Å². The molecule has 0 aromatic carbocycles. The molecule has 1 aliphatic rings. The first-order valence-electron chi connectivity index (χ1n) is 7.84. The zero-order valence-electron chi connectivity index (χ0n) is 13.9. The maximum Gasteiger partial charge on any atom is 0.410 e. The number of ether oxygens (including phenoxy) is 2. The van der Waals surface area contributed by atoms with Gasteiger partial charge in [0.25, 0.3) is 0 Å². The maximum atomic E-state index is 12.1. The molecule has 23 heavy (non-hydrogen) atoms. The SMILES string of the molecule is CC(C)(C)OC(=O)N1CCC[C@H](COc2cc(C#N)ccn2)C1. The zero-order chi connectivity index (χ0) is 16.9. The van der Waals surface area contributed by atoms with Crippen LogP contribution < -0.4 is 4.74 Å². The molecule has 2 heterocycles. The molecule has 0 bridgehead atoms. The van der Waals surface area contributed by atoms with Gasteiger partial charge in [0.1, 0.15) is 5.60 Å². The molecule has 0 spiro atoms. The van der Waals surface area contributed by atoms with Gasteiger partial charge in [0.2, 0.25) is 5.88 Å². The van der Waals surface area contributed by atoms with Crippen LogP contribution in [0.3, 0.4) is 0 Å². The quantitative estimate of drug-likeness (QED) is 0.856. The Morgan fingerprint density at radius 2 is 2.30 bits per heavy atom. The minimum absolute atomic E-state index is 0.240. The van der Waals surface area contributed by atoms with E-state index in [9.17, 15) is 4.79 Å². The standard InChI is InChI=1S/C17H23N3O3/c1-17(2,3)23-16(21)20-8-4-5-14(11-20)12-22-15-9-13(10-18)6-7-19-15/h6-7,9,14H,4-5,8,11-12H2,1-3H3/t14-/m0/s1. The van der Waals surface area contributed by atoms with Gasteiger partial charge in [0.15, 0.2) is 0 Å². The van der Waals surface area contributed by atoms with E-state index in [-0.39, 0.29) is 12.0 Å². The molecule has 1 atom stereocenters. The van der Waals surface area contributed by atoms with Gasteiger partial charge in [-0.1, -0.05) is 0 Å². The summed E-state index contributed by atoms with van der Waals surface area (Å²) in [5, 5.41) is 8.88. The monoisotopic (exact) mass is 317 g/mol. The number of nitriles is 1. The molecule has 0 aliphatic carbocycles. The van der Waals surface area contributed by atoms with Crippen molar-refractivity contribution in [3.63, 3.8) is 0 Å². The Morgan fingerprint density at radius 3 is 3.00 bits per heavy atom. The topological polar surface area (TPSA) is 75.4 Å². The molecule has 6 heteroatoms. The third-order valence-electron chi connectivity index (χ3n) is 3.50. The van der Waals surface area contributed by atoms with Crippen molar-refractivity contribution in [1.82, 2.24) is 9.88 Å². The van der Waals surface area contributed by atoms with Gasteiger partial charge in [-0.05, 0) is 39.7 Å². The van der Waals surface area contributed by atoms with E-state index >= 15 is 0 Å². The predicted octanol–water partition coefficient (Wildman–Crippen LogP) is 2.98. The van der Waals surface area contributed by atoms with Crippen molar-refractivity contribution in [3.8, 4) is 11.9 Å². The van der Waals surface area contributed by atoms with Gasteiger partial charge in [-0.3, -0.25) is 0 Å². The van der Waals surface area contributed by atoms with Crippen LogP contribution in [0.25, 0.3) is 0 Å². The summed E-state index contributed by atoms with van der Waals surface area (Å²) < 4.78 is 11.1. The predicted molar refractivity (Wildman–Crippen MR) is 85.0 cm³/mol. The van der Waals surface area contributed by atoms with Crippen molar-refractivity contribution < 1.29 is 14.3 Å². The van der Waals surface area contributed by atoms with E-state index in [0.29, 0.717) is 31.1 Å². The van der Waals surface area contributed by atoms with Crippen molar-refractivity contribution in [2.24, 2.45) is 5.92 Å². The number of amides is 1. The lowest BCUT2D eigenvalue weighted by molar-refractivity contribution is 0.0138. The molecular formula is C17H23N3O3. The van der Waals surface area contributed by atoms with Crippen LogP contribution in [-0.4, -0.2) is 41.3 Å². The Kier molecular flexibility index (Phi) is 5.43. The molecule has 0 radical (unpaired) electrons. The molecule has 2 rings (SSSR count). The van der Waals surface area contributed by atoms with Gasteiger partial charge in [-0.15, -0.1) is 0 Å². The van der Waals surface area contributed by atoms with E-state index in [2.05, 4.69) is 11.1 Å². The summed E-state index contributed by atoms with van der Waals surface area (Å²) >= 11 is 0. The van der Waals surface area contributed by atoms with E-state index in [1.54, 1.807) is 23.2 Å². The van der Waals surface area contributed by atoms with Gasteiger partial charge in [0.05, 0.1) is 18.2 Å². The van der Waals surface area contributed by atoms with E-state index in [0.717, 1.165) is 12.8 Å². The molecule has 1 saturated heterocycles. The number of aromatic nitrogens is 1. The van der Waals surface area contributed by atoms with Crippen molar-refractivity contribution in [2.45, 2.75) is 39.2 Å². The smallest absolute Gasteiger partial charge is 0.410 e. The van der Waals surface area contributed by atoms with Crippen LogP contribution in [0.15, 0.2) is 18.3 Å². The first-order valence-corrected chi connectivity index (χ1v) is 7.84. The number of likely N-dealkylation sites (tertiary alicyclic amines) is 1. The second kappa shape index (κ2) is 7.32. The first-order chi connectivity index (χ1) is 10.9. The fourth-order valence-electron chi connectivity index (χ4n) is 2.45. The molecule has 1 aromatic rings. The summed E-state index contributed by atoms with van der Waals surface area (Å²) in [6.07, 6.45) is 3.21. The van der Waals surface area contributed by atoms with Crippen molar-refractivity contribution in [2.75, 3.05) is 19.7 Å². The van der Waals surface area contributed by atoms with Crippen LogP contribution in [0.1, 0.15) is 39.2 Å². The Balaban J connectivity index is 1.86. The highest BCUT2D eigenvalue weighted by Gasteiger charge is 2.27. The highest BCUT2D eigenvalue weighted by Crippen LogP contribution is 2.20. The summed E-state index contributed by atoms with van der Waals surface area (Å²) in [7, 11) is 0. The average molecular weight is 317 g/mol. The number of rotatable bonds is 3. The maximum absolute atomic E-state index is 12.1. The number of carbonyl (C=O) groups excluding carboxylic acids is 1. The van der Waals surface area contributed by atoms with Gasteiger partial charge < -0.3 is 14.4 Å². The molecule has 1 amide bonds. The number of nitrogens with zero attached hydrogens (tertiary/aromatic N) is 3. The van der Waals surface area contributed by atoms with E-state index in [4.69, 9.17) is 14.7 Å². The van der Waals surface area contributed by atoms with E-state index in [1.807, 2.05) is 20.8 Å². The normalized spacial score (nSPS) is 18.2. The molecule has 6 nitrogen and oxygen atoms in total. The van der Waals surface area contributed by atoms with Crippen molar-refractivity contribution >= 4 is 6.09 Å². The molecular weight excluding hydrogens is 294 g/mol. The van der Waals surface area contributed by atoms with Crippen LogP contribution in [0.5, 0.6) is 5.88 Å². The summed E-state index contributed by atoms with van der Waals surface area (Å²) in [4.78, 5) is 18.0. The molecule has 1 aromatic heterocycles. The number of pyridine rings is 1. The van der Waals surface area contributed by atoms with Gasteiger partial charge in [-0.2, -0.15) is 5.26 Å². The summed E-state index contributed by atoms with van der Waals surface area (Å²) in [5.74, 6) is 0.683. The van der Waals surface area contributed by atoms with Crippen LogP contribution in [-0.2, 0) is 4.74 Å². The second-order valence-corrected chi connectivity index (χ2v) is 6.74. The summed E-state index contributed by atoms with van der Waals surface area (Å²) in [5.41, 5.74) is 0.0383.